The molecule has 2 N–H and O–H groups in total. The van der Waals surface area contributed by atoms with E-state index in [9.17, 15) is 12.8 Å². The van der Waals surface area contributed by atoms with Gasteiger partial charge in [0.05, 0.1) is 0 Å². The van der Waals surface area contributed by atoms with Crippen LogP contribution in [0.25, 0.3) is 0 Å². The summed E-state index contributed by atoms with van der Waals surface area (Å²) in [5.74, 6) is -0.720. The summed E-state index contributed by atoms with van der Waals surface area (Å²) in [6.45, 7) is 4.09. The summed E-state index contributed by atoms with van der Waals surface area (Å²) in [4.78, 5) is -0.289. The Morgan fingerprint density at radius 2 is 2.16 bits per heavy atom. The largest absolute Gasteiger partial charge is 0.316 e. The SMILES string of the molecule is CC1(CNS(=O)(=O)c2ccccc2F)CCCNC1. The molecule has 0 amide bonds. The lowest BCUT2D eigenvalue weighted by molar-refractivity contribution is 0.238. The van der Waals surface area contributed by atoms with Crippen LogP contribution in [-0.4, -0.2) is 28.1 Å². The van der Waals surface area contributed by atoms with Crippen LogP contribution < -0.4 is 10.0 Å². The Bertz CT molecular complexity index is 539. The maximum absolute atomic E-state index is 13.5. The van der Waals surface area contributed by atoms with Crippen LogP contribution in [0.15, 0.2) is 29.2 Å². The van der Waals surface area contributed by atoms with Gasteiger partial charge < -0.3 is 5.32 Å². The van der Waals surface area contributed by atoms with Crippen LogP contribution >= 0.6 is 0 Å². The lowest BCUT2D eigenvalue weighted by Crippen LogP contribution is -2.45. The zero-order valence-electron chi connectivity index (χ0n) is 10.9. The molecular weight excluding hydrogens is 267 g/mol. The zero-order valence-corrected chi connectivity index (χ0v) is 11.8. The molecule has 19 heavy (non-hydrogen) atoms. The molecule has 1 aromatic rings. The van der Waals surface area contributed by atoms with E-state index < -0.39 is 15.8 Å². The van der Waals surface area contributed by atoms with Crippen LogP contribution in [0, 0.1) is 11.2 Å². The molecule has 0 radical (unpaired) electrons. The van der Waals surface area contributed by atoms with Crippen molar-refractivity contribution in [2.45, 2.75) is 24.7 Å². The van der Waals surface area contributed by atoms with E-state index >= 15 is 0 Å². The molecule has 4 nitrogen and oxygen atoms in total. The minimum Gasteiger partial charge on any atom is -0.316 e. The number of benzene rings is 1. The fraction of sp³-hybridized carbons (Fsp3) is 0.538. The van der Waals surface area contributed by atoms with E-state index in [0.717, 1.165) is 32.0 Å². The van der Waals surface area contributed by atoms with Gasteiger partial charge in [-0.15, -0.1) is 0 Å². The molecule has 1 atom stereocenters. The number of halogens is 1. The van der Waals surface area contributed by atoms with Gasteiger partial charge in [-0.3, -0.25) is 0 Å². The van der Waals surface area contributed by atoms with Gasteiger partial charge in [-0.05, 0) is 36.9 Å². The molecule has 1 aliphatic heterocycles. The van der Waals surface area contributed by atoms with Crippen LogP contribution in [-0.2, 0) is 10.0 Å². The standard InChI is InChI=1S/C13H19FN2O2S/c1-13(7-4-8-15-9-13)10-16-19(17,18)12-6-3-2-5-11(12)14/h2-3,5-6,15-16H,4,7-10H2,1H3. The van der Waals surface area contributed by atoms with Gasteiger partial charge in [0.1, 0.15) is 10.7 Å². The first-order valence-electron chi connectivity index (χ1n) is 6.38. The first-order chi connectivity index (χ1) is 8.93. The Labute approximate surface area is 113 Å². The van der Waals surface area contributed by atoms with Gasteiger partial charge in [0.25, 0.3) is 0 Å². The molecule has 1 aromatic carbocycles. The third-order valence-corrected chi connectivity index (χ3v) is 4.94. The van der Waals surface area contributed by atoms with Crippen molar-refractivity contribution in [1.82, 2.24) is 10.0 Å². The summed E-state index contributed by atoms with van der Waals surface area (Å²) in [6.07, 6.45) is 1.98. The van der Waals surface area contributed by atoms with E-state index in [4.69, 9.17) is 0 Å². The molecule has 1 heterocycles. The molecule has 0 aliphatic carbocycles. The number of sulfonamides is 1. The van der Waals surface area contributed by atoms with Crippen molar-refractivity contribution in [2.24, 2.45) is 5.41 Å². The van der Waals surface area contributed by atoms with Crippen molar-refractivity contribution in [3.8, 4) is 0 Å². The normalized spacial score (nSPS) is 24.3. The molecule has 1 saturated heterocycles. The molecule has 1 fully saturated rings. The van der Waals surface area contributed by atoms with Crippen molar-refractivity contribution in [3.05, 3.63) is 30.1 Å². The van der Waals surface area contributed by atoms with Crippen LogP contribution in [0.3, 0.4) is 0 Å². The predicted molar refractivity (Wildman–Crippen MR) is 71.8 cm³/mol. The molecule has 0 saturated carbocycles. The number of hydrogen-bond donors (Lipinski definition) is 2. The first kappa shape index (κ1) is 14.4. The Hall–Kier alpha value is -0.980. The quantitative estimate of drug-likeness (QED) is 0.882. The molecular formula is C13H19FN2O2S. The maximum Gasteiger partial charge on any atom is 0.243 e. The molecule has 106 valence electrons. The van der Waals surface area contributed by atoms with E-state index in [1.807, 2.05) is 6.92 Å². The summed E-state index contributed by atoms with van der Waals surface area (Å²) in [5.41, 5.74) is -0.115. The van der Waals surface area contributed by atoms with Crippen LogP contribution in [0.4, 0.5) is 4.39 Å². The van der Waals surface area contributed by atoms with Crippen molar-refractivity contribution < 1.29 is 12.8 Å². The van der Waals surface area contributed by atoms with E-state index in [1.54, 1.807) is 0 Å². The van der Waals surface area contributed by atoms with Crippen LogP contribution in [0.5, 0.6) is 0 Å². The number of nitrogens with one attached hydrogen (secondary N) is 2. The fourth-order valence-corrected chi connectivity index (χ4v) is 3.56. The molecule has 0 bridgehead atoms. The average Bonchev–Trinajstić information content (AvgIpc) is 2.38. The van der Waals surface area contributed by atoms with Crippen molar-refractivity contribution >= 4 is 10.0 Å². The third-order valence-electron chi connectivity index (χ3n) is 3.50. The smallest absolute Gasteiger partial charge is 0.243 e. The average molecular weight is 286 g/mol. The lowest BCUT2D eigenvalue weighted by atomic mass is 9.83. The lowest BCUT2D eigenvalue weighted by Gasteiger charge is -2.34. The Morgan fingerprint density at radius 3 is 2.79 bits per heavy atom. The Kier molecular flexibility index (Phi) is 4.23. The Balaban J connectivity index is 2.08. The minimum absolute atomic E-state index is 0.115. The maximum atomic E-state index is 13.5. The topological polar surface area (TPSA) is 58.2 Å². The second-order valence-electron chi connectivity index (χ2n) is 5.35. The fourth-order valence-electron chi connectivity index (χ4n) is 2.28. The van der Waals surface area contributed by atoms with Crippen LogP contribution in [0.2, 0.25) is 0 Å². The van der Waals surface area contributed by atoms with Crippen molar-refractivity contribution in [1.29, 1.82) is 0 Å². The monoisotopic (exact) mass is 286 g/mol. The van der Waals surface area contributed by atoms with Crippen molar-refractivity contribution in [3.63, 3.8) is 0 Å². The molecule has 6 heteroatoms. The zero-order chi connectivity index (χ0) is 13.9. The number of piperidine rings is 1. The second-order valence-corrected chi connectivity index (χ2v) is 7.08. The molecule has 0 aromatic heterocycles. The van der Waals surface area contributed by atoms with Gasteiger partial charge in [-0.2, -0.15) is 0 Å². The highest BCUT2D eigenvalue weighted by Crippen LogP contribution is 2.25. The molecule has 2 rings (SSSR count). The van der Waals surface area contributed by atoms with E-state index in [-0.39, 0.29) is 10.3 Å². The highest BCUT2D eigenvalue weighted by molar-refractivity contribution is 7.89. The number of hydrogen-bond acceptors (Lipinski definition) is 3. The highest BCUT2D eigenvalue weighted by Gasteiger charge is 2.29. The predicted octanol–water partition coefficient (Wildman–Crippen LogP) is 1.49. The molecule has 1 aliphatic rings. The van der Waals surface area contributed by atoms with Crippen LogP contribution in [0.1, 0.15) is 19.8 Å². The summed E-state index contributed by atoms with van der Waals surface area (Å²) in [5, 5.41) is 3.25. The minimum atomic E-state index is -3.78. The van der Waals surface area contributed by atoms with Gasteiger partial charge in [-0.1, -0.05) is 19.1 Å². The Morgan fingerprint density at radius 1 is 1.42 bits per heavy atom. The second kappa shape index (κ2) is 5.56. The summed E-state index contributed by atoms with van der Waals surface area (Å²) in [6, 6.07) is 5.42. The summed E-state index contributed by atoms with van der Waals surface area (Å²) < 4.78 is 40.2. The van der Waals surface area contributed by atoms with Gasteiger partial charge in [0.15, 0.2) is 0 Å². The van der Waals surface area contributed by atoms with Gasteiger partial charge >= 0.3 is 0 Å². The van der Waals surface area contributed by atoms with Crippen molar-refractivity contribution in [2.75, 3.05) is 19.6 Å². The molecule has 1 unspecified atom stereocenters. The van der Waals surface area contributed by atoms with Gasteiger partial charge in [-0.25, -0.2) is 17.5 Å². The van der Waals surface area contributed by atoms with E-state index in [2.05, 4.69) is 10.0 Å². The summed E-state index contributed by atoms with van der Waals surface area (Å²) in [7, 11) is -3.78. The van der Waals surface area contributed by atoms with E-state index in [0.29, 0.717) is 6.54 Å². The first-order valence-corrected chi connectivity index (χ1v) is 7.86. The molecule has 0 spiro atoms. The number of rotatable bonds is 4. The van der Waals surface area contributed by atoms with E-state index in [1.165, 1.54) is 18.2 Å². The van der Waals surface area contributed by atoms with Gasteiger partial charge in [0.2, 0.25) is 10.0 Å². The third kappa shape index (κ3) is 3.52. The highest BCUT2D eigenvalue weighted by atomic mass is 32.2. The van der Waals surface area contributed by atoms with Gasteiger partial charge in [0, 0.05) is 13.1 Å². The summed E-state index contributed by atoms with van der Waals surface area (Å²) >= 11 is 0.